The lowest BCUT2D eigenvalue weighted by atomic mass is 10.1. The molecule has 0 heterocycles. The summed E-state index contributed by atoms with van der Waals surface area (Å²) in [6.45, 7) is 1.66. The number of rotatable bonds is 8. The highest BCUT2D eigenvalue weighted by Crippen LogP contribution is 2.07. The first-order chi connectivity index (χ1) is 6.27. The summed E-state index contributed by atoms with van der Waals surface area (Å²) in [6.07, 6.45) is 9.76. The van der Waals surface area contributed by atoms with Crippen LogP contribution in [0.3, 0.4) is 0 Å². The fraction of sp³-hybridized carbons (Fsp3) is 0.727. The van der Waals surface area contributed by atoms with E-state index < -0.39 is 0 Å². The summed E-state index contributed by atoms with van der Waals surface area (Å²) in [5.74, 6) is 0.310. The van der Waals surface area contributed by atoms with E-state index in [1.807, 2.05) is 6.08 Å². The standard InChI is InChI=1S/C11H19ClO/c1-11(13)9-7-5-3-2-4-6-8-10-12/h8,10H,2-7,9H2,1H3. The summed E-state index contributed by atoms with van der Waals surface area (Å²) in [5.41, 5.74) is 1.58. The summed E-state index contributed by atoms with van der Waals surface area (Å²) in [5, 5.41) is 0. The normalized spacial score (nSPS) is 10.9. The first kappa shape index (κ1) is 12.7. The molecule has 0 rings (SSSR count). The number of ketones is 1. The van der Waals surface area contributed by atoms with Gasteiger partial charge in [0.1, 0.15) is 5.78 Å². The molecule has 0 aliphatic rings. The van der Waals surface area contributed by atoms with E-state index in [1.54, 1.807) is 12.5 Å². The Kier molecular flexibility index (Phi) is 9.56. The molecule has 0 amide bonds. The molecule has 0 aromatic carbocycles. The molecule has 0 atom stereocenters. The Morgan fingerprint density at radius 3 is 2.38 bits per heavy atom. The fourth-order valence-electron chi connectivity index (χ4n) is 1.23. The summed E-state index contributed by atoms with van der Waals surface area (Å²) in [4.78, 5) is 10.6. The van der Waals surface area contributed by atoms with Crippen LogP contribution >= 0.6 is 11.6 Å². The maximum Gasteiger partial charge on any atom is 0.129 e. The van der Waals surface area contributed by atoms with Crippen LogP contribution < -0.4 is 0 Å². The number of allylic oxidation sites excluding steroid dienone is 1. The van der Waals surface area contributed by atoms with Crippen LogP contribution in [0.5, 0.6) is 0 Å². The van der Waals surface area contributed by atoms with Crippen LogP contribution in [0.25, 0.3) is 0 Å². The van der Waals surface area contributed by atoms with Crippen LogP contribution in [-0.4, -0.2) is 5.78 Å². The van der Waals surface area contributed by atoms with Gasteiger partial charge in [0.2, 0.25) is 0 Å². The predicted molar refractivity (Wildman–Crippen MR) is 58.0 cm³/mol. The largest absolute Gasteiger partial charge is 0.300 e. The minimum atomic E-state index is 0.310. The van der Waals surface area contributed by atoms with Gasteiger partial charge in [-0.1, -0.05) is 36.9 Å². The van der Waals surface area contributed by atoms with E-state index in [1.165, 1.54) is 25.7 Å². The van der Waals surface area contributed by atoms with E-state index in [9.17, 15) is 4.79 Å². The van der Waals surface area contributed by atoms with Crippen LogP contribution in [0.1, 0.15) is 51.9 Å². The third kappa shape index (κ3) is 11.7. The van der Waals surface area contributed by atoms with Crippen LogP contribution in [0, 0.1) is 0 Å². The second-order valence-electron chi connectivity index (χ2n) is 3.37. The molecule has 0 bridgehead atoms. The van der Waals surface area contributed by atoms with Crippen LogP contribution in [-0.2, 0) is 4.79 Å². The minimum Gasteiger partial charge on any atom is -0.300 e. The monoisotopic (exact) mass is 202 g/mol. The first-order valence-corrected chi connectivity index (χ1v) is 5.45. The second-order valence-corrected chi connectivity index (χ2v) is 3.62. The van der Waals surface area contributed by atoms with Gasteiger partial charge in [0, 0.05) is 12.0 Å². The number of unbranched alkanes of at least 4 members (excludes halogenated alkanes) is 5. The molecule has 0 fully saturated rings. The van der Waals surface area contributed by atoms with Crippen molar-refractivity contribution in [3.8, 4) is 0 Å². The van der Waals surface area contributed by atoms with E-state index in [0.29, 0.717) is 5.78 Å². The highest BCUT2D eigenvalue weighted by atomic mass is 35.5. The Morgan fingerprint density at radius 1 is 1.15 bits per heavy atom. The molecule has 0 unspecified atom stereocenters. The van der Waals surface area contributed by atoms with Gasteiger partial charge < -0.3 is 4.79 Å². The summed E-state index contributed by atoms with van der Waals surface area (Å²) < 4.78 is 0. The molecule has 13 heavy (non-hydrogen) atoms. The molecular formula is C11H19ClO. The zero-order valence-electron chi connectivity index (χ0n) is 8.39. The lowest BCUT2D eigenvalue weighted by Crippen LogP contribution is -1.89. The minimum absolute atomic E-state index is 0.310. The van der Waals surface area contributed by atoms with Crippen molar-refractivity contribution in [3.05, 3.63) is 11.6 Å². The molecular weight excluding hydrogens is 184 g/mol. The molecule has 0 radical (unpaired) electrons. The zero-order valence-corrected chi connectivity index (χ0v) is 9.15. The van der Waals surface area contributed by atoms with Gasteiger partial charge in [0.15, 0.2) is 0 Å². The summed E-state index contributed by atoms with van der Waals surface area (Å²) in [6, 6.07) is 0. The number of carbonyl (C=O) groups excluding carboxylic acids is 1. The van der Waals surface area contributed by atoms with Crippen molar-refractivity contribution < 1.29 is 4.79 Å². The number of carbonyl (C=O) groups is 1. The average Bonchev–Trinajstić information content (AvgIpc) is 2.09. The van der Waals surface area contributed by atoms with Crippen molar-refractivity contribution in [3.63, 3.8) is 0 Å². The van der Waals surface area contributed by atoms with Gasteiger partial charge in [-0.05, 0) is 26.2 Å². The molecule has 0 saturated carbocycles. The Morgan fingerprint density at radius 2 is 1.77 bits per heavy atom. The molecule has 76 valence electrons. The van der Waals surface area contributed by atoms with Crippen molar-refractivity contribution in [2.24, 2.45) is 0 Å². The number of Topliss-reactive ketones (excluding diaryl/α,β-unsaturated/α-hetero) is 1. The van der Waals surface area contributed by atoms with Gasteiger partial charge in [0.25, 0.3) is 0 Å². The quantitative estimate of drug-likeness (QED) is 0.543. The summed E-state index contributed by atoms with van der Waals surface area (Å²) >= 11 is 5.38. The summed E-state index contributed by atoms with van der Waals surface area (Å²) in [7, 11) is 0. The average molecular weight is 203 g/mol. The highest BCUT2D eigenvalue weighted by Gasteiger charge is 1.93. The van der Waals surface area contributed by atoms with Gasteiger partial charge in [-0.25, -0.2) is 0 Å². The molecule has 2 heteroatoms. The highest BCUT2D eigenvalue weighted by molar-refractivity contribution is 6.25. The lowest BCUT2D eigenvalue weighted by Gasteiger charge is -1.98. The van der Waals surface area contributed by atoms with E-state index >= 15 is 0 Å². The van der Waals surface area contributed by atoms with E-state index in [4.69, 9.17) is 11.6 Å². The van der Waals surface area contributed by atoms with Gasteiger partial charge in [-0.3, -0.25) is 0 Å². The maximum atomic E-state index is 10.6. The van der Waals surface area contributed by atoms with Gasteiger partial charge in [0.05, 0.1) is 0 Å². The van der Waals surface area contributed by atoms with Crippen molar-refractivity contribution in [1.82, 2.24) is 0 Å². The van der Waals surface area contributed by atoms with Gasteiger partial charge in [-0.2, -0.15) is 0 Å². The third-order valence-corrected chi connectivity index (χ3v) is 2.17. The van der Waals surface area contributed by atoms with Gasteiger partial charge in [-0.15, -0.1) is 0 Å². The predicted octanol–water partition coefficient (Wildman–Crippen LogP) is 4.06. The van der Waals surface area contributed by atoms with Gasteiger partial charge >= 0.3 is 0 Å². The van der Waals surface area contributed by atoms with E-state index in [-0.39, 0.29) is 0 Å². The Bertz CT molecular complexity index is 152. The zero-order chi connectivity index (χ0) is 9.94. The molecule has 0 spiro atoms. The molecule has 0 saturated heterocycles. The molecule has 0 aliphatic carbocycles. The Hall–Kier alpha value is -0.300. The fourth-order valence-corrected chi connectivity index (χ4v) is 1.36. The van der Waals surface area contributed by atoms with Crippen LogP contribution in [0.4, 0.5) is 0 Å². The SMILES string of the molecule is CC(=O)CCCCCCCC=CCl. The second kappa shape index (κ2) is 9.79. The molecule has 0 N–H and O–H groups in total. The van der Waals surface area contributed by atoms with Crippen molar-refractivity contribution in [2.45, 2.75) is 51.9 Å². The molecule has 1 nitrogen and oxygen atoms in total. The first-order valence-electron chi connectivity index (χ1n) is 5.02. The number of hydrogen-bond acceptors (Lipinski definition) is 1. The maximum absolute atomic E-state index is 10.6. The van der Waals surface area contributed by atoms with Crippen molar-refractivity contribution in [1.29, 1.82) is 0 Å². The van der Waals surface area contributed by atoms with E-state index in [0.717, 1.165) is 19.3 Å². The molecule has 0 aromatic heterocycles. The number of halogens is 1. The topological polar surface area (TPSA) is 17.1 Å². The van der Waals surface area contributed by atoms with Crippen LogP contribution in [0.15, 0.2) is 11.6 Å². The smallest absolute Gasteiger partial charge is 0.129 e. The van der Waals surface area contributed by atoms with Crippen molar-refractivity contribution >= 4 is 17.4 Å². The van der Waals surface area contributed by atoms with Crippen molar-refractivity contribution in [2.75, 3.05) is 0 Å². The molecule has 0 aliphatic heterocycles. The Balaban J connectivity index is 2.95. The lowest BCUT2D eigenvalue weighted by molar-refractivity contribution is -0.117. The van der Waals surface area contributed by atoms with Crippen LogP contribution in [0.2, 0.25) is 0 Å². The Labute approximate surface area is 86.2 Å². The molecule has 0 aromatic rings. The van der Waals surface area contributed by atoms with E-state index in [2.05, 4.69) is 0 Å². The third-order valence-electron chi connectivity index (χ3n) is 1.99. The number of hydrogen-bond donors (Lipinski definition) is 0.